The third kappa shape index (κ3) is 2.49. The molecule has 3 rings (SSSR count). The molecule has 0 atom stereocenters. The van der Waals surface area contributed by atoms with Crippen molar-refractivity contribution in [3.63, 3.8) is 0 Å². The van der Waals surface area contributed by atoms with Crippen LogP contribution in [0.3, 0.4) is 0 Å². The highest BCUT2D eigenvalue weighted by molar-refractivity contribution is 5.92. The van der Waals surface area contributed by atoms with Crippen molar-refractivity contribution in [3.05, 3.63) is 48.7 Å². The van der Waals surface area contributed by atoms with E-state index in [0.29, 0.717) is 0 Å². The fourth-order valence-electron chi connectivity index (χ4n) is 2.03. The number of phenols is 1. The Hall–Kier alpha value is -2.56. The average Bonchev–Trinajstić information content (AvgIpc) is 2.92. The van der Waals surface area contributed by atoms with Gasteiger partial charge in [-0.15, -0.1) is 0 Å². The molecule has 0 radical (unpaired) electrons. The number of hydrogen-bond acceptors (Lipinski definition) is 4. The molecule has 3 N–H and O–H groups in total. The van der Waals surface area contributed by atoms with E-state index in [9.17, 15) is 5.11 Å². The summed E-state index contributed by atoms with van der Waals surface area (Å²) in [5.41, 5.74) is 0. The Morgan fingerprint density at radius 3 is 2.95 bits per heavy atom. The summed E-state index contributed by atoms with van der Waals surface area (Å²) in [4.78, 5) is 11.5. The van der Waals surface area contributed by atoms with E-state index in [-0.39, 0.29) is 5.75 Å². The molecule has 5 nitrogen and oxygen atoms in total. The normalized spacial score (nSPS) is 10.7. The van der Waals surface area contributed by atoms with Crippen molar-refractivity contribution >= 4 is 16.6 Å². The van der Waals surface area contributed by atoms with E-state index in [1.165, 1.54) is 0 Å². The van der Waals surface area contributed by atoms with Gasteiger partial charge in [0, 0.05) is 36.9 Å². The Bertz CT molecular complexity index is 679. The lowest BCUT2D eigenvalue weighted by atomic mass is 10.1. The molecule has 0 aliphatic heterocycles. The van der Waals surface area contributed by atoms with E-state index in [0.717, 1.165) is 35.4 Å². The number of fused-ring (bicyclic) bond motifs is 1. The van der Waals surface area contributed by atoms with Crippen molar-refractivity contribution in [2.24, 2.45) is 0 Å². The van der Waals surface area contributed by atoms with E-state index in [1.54, 1.807) is 24.5 Å². The number of aromatic nitrogens is 3. The molecule has 2 aromatic heterocycles. The number of anilines is 1. The molecule has 3 aromatic rings. The van der Waals surface area contributed by atoms with Gasteiger partial charge in [-0.1, -0.05) is 6.07 Å². The van der Waals surface area contributed by atoms with Gasteiger partial charge in [0.1, 0.15) is 17.4 Å². The highest BCUT2D eigenvalue weighted by atomic mass is 16.3. The maximum Gasteiger partial charge on any atom is 0.133 e. The summed E-state index contributed by atoms with van der Waals surface area (Å²) in [7, 11) is 0. The highest BCUT2D eigenvalue weighted by Crippen LogP contribution is 2.24. The molecule has 0 aliphatic rings. The van der Waals surface area contributed by atoms with E-state index in [4.69, 9.17) is 0 Å². The zero-order chi connectivity index (χ0) is 13.1. The van der Waals surface area contributed by atoms with Crippen LogP contribution in [0.2, 0.25) is 0 Å². The van der Waals surface area contributed by atoms with Crippen LogP contribution < -0.4 is 5.32 Å². The van der Waals surface area contributed by atoms with Gasteiger partial charge < -0.3 is 15.4 Å². The number of aromatic amines is 1. The largest absolute Gasteiger partial charge is 0.508 e. The number of nitrogens with zero attached hydrogens (tertiary/aromatic N) is 2. The molecule has 96 valence electrons. The number of benzene rings is 1. The predicted octanol–water partition coefficient (Wildman–Crippen LogP) is 2.32. The number of imidazole rings is 1. The molecule has 0 spiro atoms. The fourth-order valence-corrected chi connectivity index (χ4v) is 2.03. The number of nitrogens with one attached hydrogen (secondary N) is 2. The van der Waals surface area contributed by atoms with E-state index < -0.39 is 0 Å². The van der Waals surface area contributed by atoms with Crippen molar-refractivity contribution in [3.8, 4) is 5.75 Å². The molecule has 0 fully saturated rings. The quantitative estimate of drug-likeness (QED) is 0.668. The average molecular weight is 254 g/mol. The van der Waals surface area contributed by atoms with Crippen molar-refractivity contribution in [2.75, 3.05) is 11.9 Å². The summed E-state index contributed by atoms with van der Waals surface area (Å²) < 4.78 is 0. The van der Waals surface area contributed by atoms with Crippen LogP contribution in [0, 0.1) is 0 Å². The molecule has 0 unspecified atom stereocenters. The summed E-state index contributed by atoms with van der Waals surface area (Å²) in [6.45, 7) is 0.731. The predicted molar refractivity (Wildman–Crippen MR) is 74.2 cm³/mol. The van der Waals surface area contributed by atoms with E-state index >= 15 is 0 Å². The SMILES string of the molecule is Oc1ccc2ccnc(NCCc3ncc[nH]3)c2c1. The second kappa shape index (κ2) is 4.97. The van der Waals surface area contributed by atoms with Crippen molar-refractivity contribution < 1.29 is 5.11 Å². The van der Waals surface area contributed by atoms with Crippen molar-refractivity contribution in [1.82, 2.24) is 15.0 Å². The zero-order valence-electron chi connectivity index (χ0n) is 10.3. The first-order valence-corrected chi connectivity index (χ1v) is 6.13. The Morgan fingerprint density at radius 1 is 1.16 bits per heavy atom. The molecular weight excluding hydrogens is 240 g/mol. The summed E-state index contributed by atoms with van der Waals surface area (Å²) in [5, 5.41) is 14.8. The van der Waals surface area contributed by atoms with Gasteiger partial charge in [-0.2, -0.15) is 0 Å². The monoisotopic (exact) mass is 254 g/mol. The van der Waals surface area contributed by atoms with Gasteiger partial charge in [0.15, 0.2) is 0 Å². The van der Waals surface area contributed by atoms with Gasteiger partial charge >= 0.3 is 0 Å². The standard InChI is InChI=1S/C14H14N4O/c19-11-2-1-10-3-5-17-14(12(10)9-11)18-6-4-13-15-7-8-16-13/h1-3,5,7-9,19H,4,6H2,(H,15,16)(H,17,18). The topological polar surface area (TPSA) is 73.8 Å². The highest BCUT2D eigenvalue weighted by Gasteiger charge is 2.03. The molecule has 19 heavy (non-hydrogen) atoms. The van der Waals surface area contributed by atoms with Gasteiger partial charge in [0.2, 0.25) is 0 Å². The van der Waals surface area contributed by atoms with E-state index in [1.807, 2.05) is 18.3 Å². The Kier molecular flexibility index (Phi) is 3.02. The first-order valence-electron chi connectivity index (χ1n) is 6.13. The zero-order valence-corrected chi connectivity index (χ0v) is 10.3. The molecule has 2 heterocycles. The molecule has 0 saturated heterocycles. The number of H-pyrrole nitrogens is 1. The van der Waals surface area contributed by atoms with Crippen LogP contribution >= 0.6 is 0 Å². The minimum atomic E-state index is 0.245. The van der Waals surface area contributed by atoms with Crippen LogP contribution in [-0.2, 0) is 6.42 Å². The van der Waals surface area contributed by atoms with Crippen LogP contribution in [0.4, 0.5) is 5.82 Å². The number of aromatic hydroxyl groups is 1. The van der Waals surface area contributed by atoms with Gasteiger partial charge in [-0.05, 0) is 23.6 Å². The lowest BCUT2D eigenvalue weighted by Gasteiger charge is -2.08. The minimum absolute atomic E-state index is 0.245. The van der Waals surface area contributed by atoms with Crippen LogP contribution in [0.25, 0.3) is 10.8 Å². The second-order valence-corrected chi connectivity index (χ2v) is 4.28. The van der Waals surface area contributed by atoms with Crippen molar-refractivity contribution in [1.29, 1.82) is 0 Å². The van der Waals surface area contributed by atoms with Gasteiger partial charge in [0.05, 0.1) is 0 Å². The summed E-state index contributed by atoms with van der Waals surface area (Å²) in [6, 6.07) is 7.20. The smallest absolute Gasteiger partial charge is 0.133 e. The second-order valence-electron chi connectivity index (χ2n) is 4.28. The number of phenolic OH excluding ortho intramolecular Hbond substituents is 1. The fraction of sp³-hybridized carbons (Fsp3) is 0.143. The lowest BCUT2D eigenvalue weighted by Crippen LogP contribution is -2.07. The van der Waals surface area contributed by atoms with Gasteiger partial charge in [0.25, 0.3) is 0 Å². The molecular formula is C14H14N4O. The Balaban J connectivity index is 1.78. The molecule has 0 aliphatic carbocycles. The summed E-state index contributed by atoms with van der Waals surface area (Å²) in [5.74, 6) is 1.96. The molecule has 0 saturated carbocycles. The first kappa shape index (κ1) is 11.5. The van der Waals surface area contributed by atoms with Gasteiger partial charge in [-0.3, -0.25) is 0 Å². The Labute approximate surface area is 110 Å². The third-order valence-corrected chi connectivity index (χ3v) is 2.96. The Morgan fingerprint density at radius 2 is 2.11 bits per heavy atom. The maximum atomic E-state index is 9.56. The molecule has 0 bridgehead atoms. The van der Waals surface area contributed by atoms with Gasteiger partial charge in [-0.25, -0.2) is 9.97 Å². The van der Waals surface area contributed by atoms with E-state index in [2.05, 4.69) is 20.3 Å². The maximum absolute atomic E-state index is 9.56. The molecule has 0 amide bonds. The summed E-state index contributed by atoms with van der Waals surface area (Å²) in [6.07, 6.45) is 6.10. The van der Waals surface area contributed by atoms with Crippen LogP contribution in [0.5, 0.6) is 5.75 Å². The number of rotatable bonds is 4. The summed E-state index contributed by atoms with van der Waals surface area (Å²) >= 11 is 0. The lowest BCUT2D eigenvalue weighted by molar-refractivity contribution is 0.476. The van der Waals surface area contributed by atoms with Crippen LogP contribution in [0.1, 0.15) is 5.82 Å². The molecule has 5 heteroatoms. The number of pyridine rings is 1. The molecule has 1 aromatic carbocycles. The third-order valence-electron chi connectivity index (χ3n) is 2.96. The van der Waals surface area contributed by atoms with Crippen molar-refractivity contribution in [2.45, 2.75) is 6.42 Å². The number of hydrogen-bond donors (Lipinski definition) is 3. The van der Waals surface area contributed by atoms with Crippen LogP contribution in [0.15, 0.2) is 42.9 Å². The minimum Gasteiger partial charge on any atom is -0.508 e. The first-order chi connectivity index (χ1) is 9.33. The van der Waals surface area contributed by atoms with Crippen LogP contribution in [-0.4, -0.2) is 26.6 Å².